The molecule has 1 fully saturated rings. The third kappa shape index (κ3) is 2.13. The van der Waals surface area contributed by atoms with Gasteiger partial charge in [-0.05, 0) is 25.8 Å². The molecule has 2 rings (SSSR count). The Bertz CT molecular complexity index is 279. The van der Waals surface area contributed by atoms with E-state index in [2.05, 4.69) is 4.98 Å². The molecule has 2 N–H and O–H groups in total. The highest BCUT2D eigenvalue weighted by Gasteiger charge is 2.22. The summed E-state index contributed by atoms with van der Waals surface area (Å²) in [5.74, 6) is 1.65. The zero-order chi connectivity index (χ0) is 9.80. The predicted octanol–water partition coefficient (Wildman–Crippen LogP) is 1.42. The van der Waals surface area contributed by atoms with Crippen LogP contribution in [0, 0.1) is 0 Å². The molecule has 1 atom stereocenters. The van der Waals surface area contributed by atoms with E-state index < -0.39 is 0 Å². The summed E-state index contributed by atoms with van der Waals surface area (Å²) in [6, 6.07) is 0. The van der Waals surface area contributed by atoms with Gasteiger partial charge in [-0.15, -0.1) is 0 Å². The van der Waals surface area contributed by atoms with Crippen molar-refractivity contribution in [2.75, 3.05) is 13.2 Å². The van der Waals surface area contributed by atoms with Gasteiger partial charge in [0.25, 0.3) is 0 Å². The normalized spacial score (nSPS) is 21.6. The van der Waals surface area contributed by atoms with Gasteiger partial charge in [0.1, 0.15) is 11.9 Å². The Morgan fingerprint density at radius 1 is 1.57 bits per heavy atom. The maximum absolute atomic E-state index is 5.58. The van der Waals surface area contributed by atoms with Gasteiger partial charge in [-0.1, -0.05) is 0 Å². The van der Waals surface area contributed by atoms with Crippen LogP contribution >= 0.6 is 0 Å². The molecule has 1 aliphatic heterocycles. The number of nitrogens with zero attached hydrogens (tertiary/aromatic N) is 1. The molecule has 78 valence electrons. The SMILES string of the molecule is NCCCc1cnc(C2CCCO2)o1. The Labute approximate surface area is 83.4 Å². The minimum absolute atomic E-state index is 0.0848. The van der Waals surface area contributed by atoms with Crippen LogP contribution in [-0.2, 0) is 11.2 Å². The fraction of sp³-hybridized carbons (Fsp3) is 0.700. The molecule has 0 radical (unpaired) electrons. The zero-order valence-corrected chi connectivity index (χ0v) is 8.24. The third-order valence-electron chi connectivity index (χ3n) is 2.40. The second-order valence-electron chi connectivity index (χ2n) is 3.56. The van der Waals surface area contributed by atoms with E-state index in [9.17, 15) is 0 Å². The quantitative estimate of drug-likeness (QED) is 0.791. The Hall–Kier alpha value is -0.870. The van der Waals surface area contributed by atoms with Crippen LogP contribution in [-0.4, -0.2) is 18.1 Å². The zero-order valence-electron chi connectivity index (χ0n) is 8.24. The van der Waals surface area contributed by atoms with E-state index in [0.29, 0.717) is 6.54 Å². The van der Waals surface area contributed by atoms with Crippen molar-refractivity contribution in [1.29, 1.82) is 0 Å². The van der Waals surface area contributed by atoms with E-state index in [0.717, 1.165) is 43.9 Å². The minimum atomic E-state index is 0.0848. The van der Waals surface area contributed by atoms with Crippen LogP contribution in [0.1, 0.15) is 37.0 Å². The van der Waals surface area contributed by atoms with Crippen molar-refractivity contribution >= 4 is 0 Å². The molecule has 4 heteroatoms. The lowest BCUT2D eigenvalue weighted by molar-refractivity contribution is 0.0881. The molecule has 1 unspecified atom stereocenters. The molecule has 0 bridgehead atoms. The summed E-state index contributed by atoms with van der Waals surface area (Å²) in [4.78, 5) is 4.22. The molecular weight excluding hydrogens is 180 g/mol. The van der Waals surface area contributed by atoms with E-state index in [1.54, 1.807) is 6.20 Å². The van der Waals surface area contributed by atoms with Crippen LogP contribution in [0.2, 0.25) is 0 Å². The first kappa shape index (κ1) is 9.68. The smallest absolute Gasteiger partial charge is 0.223 e. The topological polar surface area (TPSA) is 61.3 Å². The minimum Gasteiger partial charge on any atom is -0.443 e. The number of hydrogen-bond acceptors (Lipinski definition) is 4. The van der Waals surface area contributed by atoms with Crippen LogP contribution in [0.5, 0.6) is 0 Å². The van der Waals surface area contributed by atoms with Crippen molar-refractivity contribution in [1.82, 2.24) is 4.98 Å². The van der Waals surface area contributed by atoms with Crippen molar-refractivity contribution in [2.24, 2.45) is 5.73 Å². The second kappa shape index (κ2) is 4.57. The Morgan fingerprint density at radius 3 is 3.21 bits per heavy atom. The molecule has 0 spiro atoms. The molecule has 1 aromatic heterocycles. The molecule has 4 nitrogen and oxygen atoms in total. The summed E-state index contributed by atoms with van der Waals surface area (Å²) in [5, 5.41) is 0. The lowest BCUT2D eigenvalue weighted by Gasteiger charge is -2.02. The van der Waals surface area contributed by atoms with Crippen LogP contribution in [0.15, 0.2) is 10.6 Å². The van der Waals surface area contributed by atoms with E-state index in [1.807, 2.05) is 0 Å². The Balaban J connectivity index is 1.94. The highest BCUT2D eigenvalue weighted by atomic mass is 16.5. The molecule has 2 heterocycles. The van der Waals surface area contributed by atoms with Gasteiger partial charge in [-0.25, -0.2) is 4.98 Å². The lowest BCUT2D eigenvalue weighted by atomic mass is 10.2. The van der Waals surface area contributed by atoms with Crippen LogP contribution in [0.25, 0.3) is 0 Å². The molecule has 0 aromatic carbocycles. The molecule has 1 aliphatic rings. The van der Waals surface area contributed by atoms with Crippen molar-refractivity contribution in [3.05, 3.63) is 17.8 Å². The molecular formula is C10H16N2O2. The van der Waals surface area contributed by atoms with Gasteiger partial charge in [0, 0.05) is 13.0 Å². The van der Waals surface area contributed by atoms with Gasteiger partial charge in [-0.2, -0.15) is 0 Å². The Kier molecular flexibility index (Phi) is 3.16. The van der Waals surface area contributed by atoms with E-state index >= 15 is 0 Å². The molecule has 0 saturated carbocycles. The third-order valence-corrected chi connectivity index (χ3v) is 2.40. The van der Waals surface area contributed by atoms with Gasteiger partial charge in [0.15, 0.2) is 0 Å². The van der Waals surface area contributed by atoms with Crippen LogP contribution < -0.4 is 5.73 Å². The summed E-state index contributed by atoms with van der Waals surface area (Å²) in [5.41, 5.74) is 5.42. The number of oxazole rings is 1. The van der Waals surface area contributed by atoms with E-state index in [-0.39, 0.29) is 6.10 Å². The van der Waals surface area contributed by atoms with Gasteiger partial charge in [-0.3, -0.25) is 0 Å². The number of nitrogens with two attached hydrogens (primary N) is 1. The average Bonchev–Trinajstić information content (AvgIpc) is 2.85. The molecule has 0 amide bonds. The molecule has 14 heavy (non-hydrogen) atoms. The number of aromatic nitrogens is 1. The fourth-order valence-corrected chi connectivity index (χ4v) is 1.64. The van der Waals surface area contributed by atoms with Gasteiger partial charge in [0.2, 0.25) is 5.89 Å². The summed E-state index contributed by atoms with van der Waals surface area (Å²) >= 11 is 0. The molecule has 0 aliphatic carbocycles. The Morgan fingerprint density at radius 2 is 2.50 bits per heavy atom. The van der Waals surface area contributed by atoms with Crippen molar-refractivity contribution in [2.45, 2.75) is 31.8 Å². The largest absolute Gasteiger partial charge is 0.443 e. The van der Waals surface area contributed by atoms with Crippen molar-refractivity contribution in [3.63, 3.8) is 0 Å². The fourth-order valence-electron chi connectivity index (χ4n) is 1.64. The highest BCUT2D eigenvalue weighted by molar-refractivity contribution is 4.97. The summed E-state index contributed by atoms with van der Waals surface area (Å²) in [6.45, 7) is 1.52. The van der Waals surface area contributed by atoms with E-state index in [4.69, 9.17) is 14.9 Å². The monoisotopic (exact) mass is 196 g/mol. The standard InChI is InChI=1S/C10H16N2O2/c11-5-1-3-8-7-12-10(14-8)9-4-2-6-13-9/h7,9H,1-6,11H2. The first-order valence-corrected chi connectivity index (χ1v) is 5.16. The highest BCUT2D eigenvalue weighted by Crippen LogP contribution is 2.27. The number of aryl methyl sites for hydroxylation is 1. The first-order valence-electron chi connectivity index (χ1n) is 5.16. The second-order valence-corrected chi connectivity index (χ2v) is 3.56. The van der Waals surface area contributed by atoms with E-state index in [1.165, 1.54) is 0 Å². The molecule has 1 saturated heterocycles. The van der Waals surface area contributed by atoms with Gasteiger partial charge in [0.05, 0.1) is 6.20 Å². The lowest BCUT2D eigenvalue weighted by Crippen LogP contribution is -1.99. The van der Waals surface area contributed by atoms with Gasteiger partial charge < -0.3 is 14.9 Å². The maximum atomic E-state index is 5.58. The van der Waals surface area contributed by atoms with Crippen LogP contribution in [0.3, 0.4) is 0 Å². The van der Waals surface area contributed by atoms with Crippen molar-refractivity contribution < 1.29 is 9.15 Å². The number of rotatable bonds is 4. The number of hydrogen-bond donors (Lipinski definition) is 1. The maximum Gasteiger partial charge on any atom is 0.223 e. The summed E-state index contributed by atoms with van der Waals surface area (Å²) in [6.07, 6.45) is 5.81. The van der Waals surface area contributed by atoms with Gasteiger partial charge >= 0.3 is 0 Å². The predicted molar refractivity (Wildman–Crippen MR) is 51.8 cm³/mol. The number of ether oxygens (including phenoxy) is 1. The summed E-state index contributed by atoms with van der Waals surface area (Å²) < 4.78 is 11.1. The average molecular weight is 196 g/mol. The van der Waals surface area contributed by atoms with Crippen LogP contribution in [0.4, 0.5) is 0 Å². The first-order chi connectivity index (χ1) is 6.90. The molecule has 1 aromatic rings. The summed E-state index contributed by atoms with van der Waals surface area (Å²) in [7, 11) is 0. The van der Waals surface area contributed by atoms with Crippen molar-refractivity contribution in [3.8, 4) is 0 Å².